The Morgan fingerprint density at radius 1 is 1.38 bits per heavy atom. The van der Waals surface area contributed by atoms with Crippen LogP contribution in [0.2, 0.25) is 0 Å². The van der Waals surface area contributed by atoms with Crippen LogP contribution in [0.15, 0.2) is 30.3 Å². The lowest BCUT2D eigenvalue weighted by Gasteiger charge is -2.35. The van der Waals surface area contributed by atoms with E-state index in [2.05, 4.69) is 15.5 Å². The molecule has 1 aromatic heterocycles. The Morgan fingerprint density at radius 2 is 2.12 bits per heavy atom. The summed E-state index contributed by atoms with van der Waals surface area (Å²) in [6.07, 6.45) is 1.63. The van der Waals surface area contributed by atoms with Crippen molar-refractivity contribution in [2.45, 2.75) is 38.3 Å². The molecule has 0 aliphatic carbocycles. The van der Waals surface area contributed by atoms with Gasteiger partial charge in [-0.15, -0.1) is 0 Å². The third kappa shape index (κ3) is 3.76. The molecule has 1 amide bonds. The van der Waals surface area contributed by atoms with E-state index < -0.39 is 0 Å². The smallest absolute Gasteiger partial charge is 0.269 e. The van der Waals surface area contributed by atoms with E-state index >= 15 is 0 Å². The molecule has 2 aromatic rings. The Labute approximate surface area is 141 Å². The van der Waals surface area contributed by atoms with Gasteiger partial charge >= 0.3 is 0 Å². The van der Waals surface area contributed by atoms with E-state index in [1.807, 2.05) is 38.1 Å². The van der Waals surface area contributed by atoms with Gasteiger partial charge in [0.15, 0.2) is 0 Å². The van der Waals surface area contributed by atoms with Crippen molar-refractivity contribution in [2.75, 3.05) is 13.7 Å². The number of aromatic nitrogens is 2. The molecular formula is C18H23N3O3. The summed E-state index contributed by atoms with van der Waals surface area (Å²) >= 11 is 0. The van der Waals surface area contributed by atoms with E-state index in [1.165, 1.54) is 0 Å². The van der Waals surface area contributed by atoms with Crippen LogP contribution in [0.5, 0.6) is 5.75 Å². The number of carbonyl (C=O) groups is 1. The fourth-order valence-corrected chi connectivity index (χ4v) is 2.97. The lowest BCUT2D eigenvalue weighted by molar-refractivity contribution is -0.0615. The zero-order valence-corrected chi connectivity index (χ0v) is 14.3. The maximum atomic E-state index is 12.4. The topological polar surface area (TPSA) is 76.2 Å². The summed E-state index contributed by atoms with van der Waals surface area (Å²) in [5.74, 6) is 0.652. The van der Waals surface area contributed by atoms with Crippen molar-refractivity contribution in [3.8, 4) is 17.0 Å². The van der Waals surface area contributed by atoms with Crippen LogP contribution in [0.1, 0.15) is 37.2 Å². The number of nitrogens with one attached hydrogen (secondary N) is 2. The first-order valence-electron chi connectivity index (χ1n) is 8.11. The van der Waals surface area contributed by atoms with Gasteiger partial charge < -0.3 is 14.8 Å². The molecule has 0 spiro atoms. The molecule has 2 N–H and O–H groups in total. The standard InChI is InChI=1S/C18H23N3O3/c1-18(2)11-13(8-9-24-18)19-17(22)16-10-15(20-21-16)12-4-6-14(23-3)7-5-12/h4-7,10,13H,8-9,11H2,1-3H3,(H,19,22)(H,20,21)/t13-/m1/s1. The highest BCUT2D eigenvalue weighted by Gasteiger charge is 2.30. The zero-order chi connectivity index (χ0) is 17.2. The van der Waals surface area contributed by atoms with Crippen molar-refractivity contribution in [3.05, 3.63) is 36.0 Å². The number of rotatable bonds is 4. The number of carbonyl (C=O) groups excluding carboxylic acids is 1. The lowest BCUT2D eigenvalue weighted by atomic mass is 9.94. The van der Waals surface area contributed by atoms with Gasteiger partial charge in [0.05, 0.1) is 18.4 Å². The van der Waals surface area contributed by atoms with Gasteiger partial charge in [0, 0.05) is 18.2 Å². The molecule has 2 heterocycles. The van der Waals surface area contributed by atoms with Crippen LogP contribution in [0.4, 0.5) is 0 Å². The fourth-order valence-electron chi connectivity index (χ4n) is 2.97. The predicted molar refractivity (Wildman–Crippen MR) is 91.1 cm³/mol. The van der Waals surface area contributed by atoms with Crippen molar-refractivity contribution in [1.29, 1.82) is 0 Å². The number of hydrogen-bond acceptors (Lipinski definition) is 4. The number of benzene rings is 1. The van der Waals surface area contributed by atoms with Crippen LogP contribution in [-0.2, 0) is 4.74 Å². The van der Waals surface area contributed by atoms with Gasteiger partial charge in [-0.05, 0) is 57.0 Å². The first-order valence-corrected chi connectivity index (χ1v) is 8.11. The molecule has 3 rings (SSSR count). The monoisotopic (exact) mass is 329 g/mol. The van der Waals surface area contributed by atoms with E-state index in [9.17, 15) is 4.79 Å². The van der Waals surface area contributed by atoms with Gasteiger partial charge in [-0.2, -0.15) is 5.10 Å². The summed E-state index contributed by atoms with van der Waals surface area (Å²) in [5, 5.41) is 10.1. The number of nitrogens with zero attached hydrogens (tertiary/aromatic N) is 1. The first kappa shape index (κ1) is 16.5. The third-order valence-corrected chi connectivity index (χ3v) is 4.24. The maximum absolute atomic E-state index is 12.4. The molecule has 0 bridgehead atoms. The van der Waals surface area contributed by atoms with Gasteiger partial charge in [-0.25, -0.2) is 0 Å². The molecule has 1 aliphatic heterocycles. The van der Waals surface area contributed by atoms with Crippen molar-refractivity contribution in [2.24, 2.45) is 0 Å². The van der Waals surface area contributed by atoms with Crippen LogP contribution in [-0.4, -0.2) is 41.5 Å². The van der Waals surface area contributed by atoms with E-state index in [0.29, 0.717) is 12.3 Å². The average Bonchev–Trinajstić information content (AvgIpc) is 3.04. The van der Waals surface area contributed by atoms with Crippen molar-refractivity contribution in [1.82, 2.24) is 15.5 Å². The highest BCUT2D eigenvalue weighted by atomic mass is 16.5. The van der Waals surface area contributed by atoms with Gasteiger partial charge in [-0.3, -0.25) is 9.89 Å². The zero-order valence-electron chi connectivity index (χ0n) is 14.3. The van der Waals surface area contributed by atoms with E-state index in [0.717, 1.165) is 29.8 Å². The molecule has 6 nitrogen and oxygen atoms in total. The number of amides is 1. The lowest BCUT2D eigenvalue weighted by Crippen LogP contribution is -2.45. The minimum absolute atomic E-state index is 0.119. The highest BCUT2D eigenvalue weighted by Crippen LogP contribution is 2.24. The summed E-state index contributed by atoms with van der Waals surface area (Å²) in [6, 6.07) is 9.45. The average molecular weight is 329 g/mol. The second-order valence-corrected chi connectivity index (χ2v) is 6.67. The second-order valence-electron chi connectivity index (χ2n) is 6.67. The van der Waals surface area contributed by atoms with E-state index in [-0.39, 0.29) is 17.6 Å². The Morgan fingerprint density at radius 3 is 2.79 bits per heavy atom. The van der Waals surface area contributed by atoms with Crippen LogP contribution in [0.25, 0.3) is 11.3 Å². The first-order chi connectivity index (χ1) is 11.5. The fraction of sp³-hybridized carbons (Fsp3) is 0.444. The quantitative estimate of drug-likeness (QED) is 0.904. The van der Waals surface area contributed by atoms with Gasteiger partial charge in [0.2, 0.25) is 0 Å². The Balaban J connectivity index is 1.67. The third-order valence-electron chi connectivity index (χ3n) is 4.24. The van der Waals surface area contributed by atoms with Gasteiger partial charge in [0.1, 0.15) is 11.4 Å². The molecule has 24 heavy (non-hydrogen) atoms. The molecule has 0 radical (unpaired) electrons. The van der Waals surface area contributed by atoms with Crippen LogP contribution < -0.4 is 10.1 Å². The minimum Gasteiger partial charge on any atom is -0.497 e. The number of aromatic amines is 1. The number of H-pyrrole nitrogens is 1. The predicted octanol–water partition coefficient (Wildman–Crippen LogP) is 2.77. The van der Waals surface area contributed by atoms with Crippen LogP contribution in [0.3, 0.4) is 0 Å². The molecule has 1 aliphatic rings. The second kappa shape index (κ2) is 6.65. The number of hydrogen-bond donors (Lipinski definition) is 2. The van der Waals surface area contributed by atoms with Crippen LogP contribution >= 0.6 is 0 Å². The van der Waals surface area contributed by atoms with Crippen molar-refractivity contribution >= 4 is 5.91 Å². The van der Waals surface area contributed by atoms with E-state index in [4.69, 9.17) is 9.47 Å². The molecule has 1 aromatic carbocycles. The van der Waals surface area contributed by atoms with E-state index in [1.54, 1.807) is 13.2 Å². The van der Waals surface area contributed by atoms with Gasteiger partial charge in [0.25, 0.3) is 5.91 Å². The number of methoxy groups -OCH3 is 1. The molecule has 1 atom stereocenters. The normalized spacial score (nSPS) is 19.7. The van der Waals surface area contributed by atoms with Crippen LogP contribution in [0, 0.1) is 0 Å². The molecule has 1 saturated heterocycles. The molecule has 6 heteroatoms. The largest absolute Gasteiger partial charge is 0.497 e. The number of ether oxygens (including phenoxy) is 2. The Bertz CT molecular complexity index is 707. The molecule has 0 unspecified atom stereocenters. The van der Waals surface area contributed by atoms with Gasteiger partial charge in [-0.1, -0.05) is 0 Å². The highest BCUT2D eigenvalue weighted by molar-refractivity contribution is 5.93. The molecule has 0 saturated carbocycles. The Hall–Kier alpha value is -2.34. The van der Waals surface area contributed by atoms with Crippen molar-refractivity contribution in [3.63, 3.8) is 0 Å². The summed E-state index contributed by atoms with van der Waals surface area (Å²) < 4.78 is 10.8. The summed E-state index contributed by atoms with van der Waals surface area (Å²) in [5.41, 5.74) is 1.93. The SMILES string of the molecule is COc1ccc(-c2cc(C(=O)N[C@@H]3CCOC(C)(C)C3)[nH]n2)cc1. The molecule has 128 valence electrons. The summed E-state index contributed by atoms with van der Waals surface area (Å²) in [6.45, 7) is 4.75. The molecule has 1 fully saturated rings. The minimum atomic E-state index is -0.196. The van der Waals surface area contributed by atoms with Crippen molar-refractivity contribution < 1.29 is 14.3 Å². The summed E-state index contributed by atoms with van der Waals surface area (Å²) in [4.78, 5) is 12.4. The summed E-state index contributed by atoms with van der Waals surface area (Å²) in [7, 11) is 1.63. The molecular weight excluding hydrogens is 306 g/mol. The Kier molecular flexibility index (Phi) is 4.57. The maximum Gasteiger partial charge on any atom is 0.269 e.